The molecular formula is C12H17ClN2O2S. The first-order valence-electron chi connectivity index (χ1n) is 5.85. The fourth-order valence-corrected chi connectivity index (χ4v) is 2.74. The average molecular weight is 289 g/mol. The Balaban J connectivity index is 2.24. The molecule has 1 aromatic carbocycles. The highest BCUT2D eigenvalue weighted by molar-refractivity contribution is 7.89. The zero-order valence-corrected chi connectivity index (χ0v) is 12.1. The van der Waals surface area contributed by atoms with Gasteiger partial charge in [-0.3, -0.25) is 0 Å². The third-order valence-electron chi connectivity index (χ3n) is 2.95. The lowest BCUT2D eigenvalue weighted by Crippen LogP contribution is -2.22. The molecule has 1 N–H and O–H groups in total. The first-order valence-corrected chi connectivity index (χ1v) is 7.67. The Bertz CT molecular complexity index is 539. The van der Waals surface area contributed by atoms with Crippen LogP contribution in [0.25, 0.3) is 0 Å². The van der Waals surface area contributed by atoms with E-state index in [0.717, 1.165) is 5.56 Å². The van der Waals surface area contributed by atoms with Gasteiger partial charge in [-0.25, -0.2) is 12.7 Å². The van der Waals surface area contributed by atoms with Gasteiger partial charge in [-0.1, -0.05) is 11.6 Å². The van der Waals surface area contributed by atoms with Crippen LogP contribution >= 0.6 is 11.6 Å². The molecule has 0 spiro atoms. The lowest BCUT2D eigenvalue weighted by Gasteiger charge is -2.13. The maximum Gasteiger partial charge on any atom is 0.242 e. The molecule has 4 nitrogen and oxygen atoms in total. The Morgan fingerprint density at radius 2 is 2.06 bits per heavy atom. The molecule has 0 unspecified atom stereocenters. The van der Waals surface area contributed by atoms with Gasteiger partial charge in [0.05, 0.1) is 4.90 Å². The van der Waals surface area contributed by atoms with Gasteiger partial charge < -0.3 is 5.32 Å². The fourth-order valence-electron chi connectivity index (χ4n) is 1.60. The number of rotatable bonds is 5. The number of hydrogen-bond acceptors (Lipinski definition) is 3. The minimum absolute atomic E-state index is 0.282. The van der Waals surface area contributed by atoms with Crippen LogP contribution in [-0.4, -0.2) is 32.9 Å². The largest absolute Gasteiger partial charge is 0.310 e. The zero-order chi connectivity index (χ0) is 13.3. The van der Waals surface area contributed by atoms with Gasteiger partial charge in [0.15, 0.2) is 0 Å². The first-order chi connectivity index (χ1) is 8.41. The van der Waals surface area contributed by atoms with E-state index < -0.39 is 10.0 Å². The number of halogens is 1. The fraction of sp³-hybridized carbons (Fsp3) is 0.500. The highest BCUT2D eigenvalue weighted by Gasteiger charge is 2.22. The molecule has 1 saturated carbocycles. The first kappa shape index (κ1) is 13.8. The van der Waals surface area contributed by atoms with Crippen molar-refractivity contribution in [3.8, 4) is 0 Å². The average Bonchev–Trinajstić information content (AvgIpc) is 3.11. The molecule has 1 aliphatic carbocycles. The summed E-state index contributed by atoms with van der Waals surface area (Å²) >= 11 is 6.08. The summed E-state index contributed by atoms with van der Waals surface area (Å²) in [6, 6.07) is 5.39. The molecule has 0 bridgehead atoms. The van der Waals surface area contributed by atoms with Crippen LogP contribution in [0.3, 0.4) is 0 Å². The van der Waals surface area contributed by atoms with Gasteiger partial charge in [-0.05, 0) is 36.6 Å². The molecule has 6 heteroatoms. The summed E-state index contributed by atoms with van der Waals surface area (Å²) in [6.07, 6.45) is 2.38. The summed E-state index contributed by atoms with van der Waals surface area (Å²) in [4.78, 5) is 0.282. The second-order valence-electron chi connectivity index (χ2n) is 4.70. The lowest BCUT2D eigenvalue weighted by molar-refractivity contribution is 0.520. The van der Waals surface area contributed by atoms with Gasteiger partial charge in [0, 0.05) is 31.7 Å². The van der Waals surface area contributed by atoms with Crippen molar-refractivity contribution in [2.45, 2.75) is 30.3 Å². The van der Waals surface area contributed by atoms with E-state index in [0.29, 0.717) is 17.6 Å². The second-order valence-corrected chi connectivity index (χ2v) is 7.25. The standard InChI is InChI=1S/C12H17ClN2O2S/c1-15(2)18(16,17)11-5-6-12(13)9(7-11)8-14-10-3-4-10/h5-7,10,14H,3-4,8H2,1-2H3. The van der Waals surface area contributed by atoms with E-state index in [1.807, 2.05) is 0 Å². The zero-order valence-electron chi connectivity index (χ0n) is 10.5. The molecule has 100 valence electrons. The predicted octanol–water partition coefficient (Wildman–Crippen LogP) is 1.84. The summed E-state index contributed by atoms with van der Waals surface area (Å²) in [6.45, 7) is 0.611. The van der Waals surface area contributed by atoms with E-state index in [1.165, 1.54) is 37.3 Å². The van der Waals surface area contributed by atoms with E-state index >= 15 is 0 Å². The van der Waals surface area contributed by atoms with Gasteiger partial charge in [-0.15, -0.1) is 0 Å². The van der Waals surface area contributed by atoms with Crippen LogP contribution in [0.15, 0.2) is 23.1 Å². The molecule has 0 amide bonds. The van der Waals surface area contributed by atoms with Crippen LogP contribution in [0.4, 0.5) is 0 Å². The van der Waals surface area contributed by atoms with Crippen molar-refractivity contribution in [1.82, 2.24) is 9.62 Å². The van der Waals surface area contributed by atoms with Gasteiger partial charge in [0.1, 0.15) is 0 Å². The van der Waals surface area contributed by atoms with Crippen molar-refractivity contribution in [3.05, 3.63) is 28.8 Å². The van der Waals surface area contributed by atoms with E-state index in [4.69, 9.17) is 11.6 Å². The van der Waals surface area contributed by atoms with Gasteiger partial charge in [-0.2, -0.15) is 0 Å². The molecule has 0 aliphatic heterocycles. The van der Waals surface area contributed by atoms with Crippen LogP contribution < -0.4 is 5.32 Å². The summed E-state index contributed by atoms with van der Waals surface area (Å²) in [5.74, 6) is 0. The maximum atomic E-state index is 12.0. The lowest BCUT2D eigenvalue weighted by atomic mass is 10.2. The normalized spacial score (nSPS) is 16.2. The van der Waals surface area contributed by atoms with Crippen LogP contribution in [0.2, 0.25) is 5.02 Å². The maximum absolute atomic E-state index is 12.0. The van der Waals surface area contributed by atoms with E-state index in [-0.39, 0.29) is 4.90 Å². The van der Waals surface area contributed by atoms with Crippen molar-refractivity contribution < 1.29 is 8.42 Å². The Labute approximate surface area is 113 Å². The highest BCUT2D eigenvalue weighted by Crippen LogP contribution is 2.24. The predicted molar refractivity (Wildman–Crippen MR) is 72.2 cm³/mol. The molecule has 0 atom stereocenters. The summed E-state index contributed by atoms with van der Waals surface area (Å²) < 4.78 is 25.2. The van der Waals surface area contributed by atoms with Crippen molar-refractivity contribution in [2.24, 2.45) is 0 Å². The number of benzene rings is 1. The summed E-state index contributed by atoms with van der Waals surface area (Å²) in [7, 11) is -0.352. The smallest absolute Gasteiger partial charge is 0.242 e. The Morgan fingerprint density at radius 3 is 2.61 bits per heavy atom. The Kier molecular flexibility index (Phi) is 3.96. The third-order valence-corrected chi connectivity index (χ3v) is 5.13. The molecule has 1 fully saturated rings. The topological polar surface area (TPSA) is 49.4 Å². The quantitative estimate of drug-likeness (QED) is 0.899. The molecule has 1 aliphatic rings. The van der Waals surface area contributed by atoms with Crippen molar-refractivity contribution in [2.75, 3.05) is 14.1 Å². The monoisotopic (exact) mass is 288 g/mol. The van der Waals surface area contributed by atoms with Crippen LogP contribution in [0, 0.1) is 0 Å². The van der Waals surface area contributed by atoms with E-state index in [2.05, 4.69) is 5.32 Å². The van der Waals surface area contributed by atoms with Gasteiger partial charge >= 0.3 is 0 Å². The van der Waals surface area contributed by atoms with E-state index in [9.17, 15) is 8.42 Å². The minimum atomic E-state index is -3.39. The molecular weight excluding hydrogens is 272 g/mol. The third kappa shape index (κ3) is 3.03. The molecule has 2 rings (SSSR count). The molecule has 1 aromatic rings. The highest BCUT2D eigenvalue weighted by atomic mass is 35.5. The summed E-state index contributed by atoms with van der Waals surface area (Å²) in [5.41, 5.74) is 0.825. The Morgan fingerprint density at radius 1 is 1.39 bits per heavy atom. The molecule has 18 heavy (non-hydrogen) atoms. The van der Waals surface area contributed by atoms with Crippen LogP contribution in [0.1, 0.15) is 18.4 Å². The number of nitrogens with zero attached hydrogens (tertiary/aromatic N) is 1. The molecule has 0 heterocycles. The molecule has 0 saturated heterocycles. The number of nitrogens with one attached hydrogen (secondary N) is 1. The van der Waals surface area contributed by atoms with Crippen molar-refractivity contribution >= 4 is 21.6 Å². The van der Waals surface area contributed by atoms with Crippen LogP contribution in [0.5, 0.6) is 0 Å². The van der Waals surface area contributed by atoms with Crippen molar-refractivity contribution in [3.63, 3.8) is 0 Å². The SMILES string of the molecule is CN(C)S(=O)(=O)c1ccc(Cl)c(CNC2CC2)c1. The Hall–Kier alpha value is -0.620. The number of hydrogen-bond donors (Lipinski definition) is 1. The van der Waals surface area contributed by atoms with Gasteiger partial charge in [0.25, 0.3) is 0 Å². The molecule has 0 radical (unpaired) electrons. The van der Waals surface area contributed by atoms with E-state index in [1.54, 1.807) is 12.1 Å². The van der Waals surface area contributed by atoms with Gasteiger partial charge in [0.2, 0.25) is 10.0 Å². The second kappa shape index (κ2) is 5.17. The number of sulfonamides is 1. The summed E-state index contributed by atoms with van der Waals surface area (Å²) in [5, 5.41) is 3.93. The van der Waals surface area contributed by atoms with Crippen LogP contribution in [-0.2, 0) is 16.6 Å². The van der Waals surface area contributed by atoms with Crippen molar-refractivity contribution in [1.29, 1.82) is 0 Å². The molecule has 0 aromatic heterocycles. The minimum Gasteiger partial charge on any atom is -0.310 e.